The number of amides is 1. The summed E-state index contributed by atoms with van der Waals surface area (Å²) < 4.78 is 2.08. The average molecular weight is 484 g/mol. The molecular weight excluding hydrogens is 462 g/mol. The van der Waals surface area contributed by atoms with E-state index in [0.717, 1.165) is 33.5 Å². The van der Waals surface area contributed by atoms with Crippen molar-refractivity contribution < 1.29 is 4.79 Å². The molecule has 1 aliphatic heterocycles. The first-order valence-electron chi connectivity index (χ1n) is 11.0. The highest BCUT2D eigenvalue weighted by atomic mass is 32.1. The van der Waals surface area contributed by atoms with E-state index in [0.29, 0.717) is 25.2 Å². The lowest BCUT2D eigenvalue weighted by Gasteiger charge is -2.27. The number of fused-ring (bicyclic) bond motifs is 1. The third kappa shape index (κ3) is 3.85. The Morgan fingerprint density at radius 1 is 0.912 bits per heavy atom. The Kier molecular flexibility index (Phi) is 5.31. The highest BCUT2D eigenvalue weighted by Crippen LogP contribution is 2.30. The standard InChI is InChI=1S/C26H21N5OS2/c1-17-4-6-19(7-5-17)25-27-21(16-34-25)24-29-28-23-15-30(12-13-31(23)24)26(32)20-10-8-18(9-11-20)22-3-2-14-33-22/h2-11,14,16H,12-13,15H2,1H3. The molecule has 0 radical (unpaired) electrons. The summed E-state index contributed by atoms with van der Waals surface area (Å²) in [6, 6.07) is 20.3. The third-order valence-electron chi connectivity index (χ3n) is 6.01. The molecule has 4 heterocycles. The lowest BCUT2D eigenvalue weighted by molar-refractivity contribution is 0.0708. The van der Waals surface area contributed by atoms with Crippen LogP contribution in [0.1, 0.15) is 21.7 Å². The number of carbonyl (C=O) groups excluding carboxylic acids is 1. The van der Waals surface area contributed by atoms with E-state index < -0.39 is 0 Å². The second-order valence-electron chi connectivity index (χ2n) is 8.28. The normalized spacial score (nSPS) is 13.1. The van der Waals surface area contributed by atoms with Crippen LogP contribution in [0.15, 0.2) is 71.4 Å². The number of thiophene rings is 1. The zero-order valence-electron chi connectivity index (χ0n) is 18.5. The Hall–Kier alpha value is -3.62. The van der Waals surface area contributed by atoms with Crippen molar-refractivity contribution in [2.24, 2.45) is 0 Å². The van der Waals surface area contributed by atoms with Gasteiger partial charge in [-0.2, -0.15) is 0 Å². The smallest absolute Gasteiger partial charge is 0.254 e. The number of thiazole rings is 1. The number of hydrogen-bond donors (Lipinski definition) is 0. The molecule has 0 fully saturated rings. The van der Waals surface area contributed by atoms with Gasteiger partial charge in [0.1, 0.15) is 10.7 Å². The molecule has 6 nitrogen and oxygen atoms in total. The average Bonchev–Trinajstić information content (AvgIpc) is 3.64. The molecule has 8 heteroatoms. The van der Waals surface area contributed by atoms with Crippen LogP contribution in [0.2, 0.25) is 0 Å². The van der Waals surface area contributed by atoms with E-state index >= 15 is 0 Å². The minimum atomic E-state index is 0.0174. The van der Waals surface area contributed by atoms with Crippen molar-refractivity contribution >= 4 is 28.6 Å². The van der Waals surface area contributed by atoms with Crippen molar-refractivity contribution in [1.29, 1.82) is 0 Å². The van der Waals surface area contributed by atoms with Crippen molar-refractivity contribution in [3.05, 3.63) is 88.4 Å². The fourth-order valence-corrected chi connectivity index (χ4v) is 5.67. The summed E-state index contributed by atoms with van der Waals surface area (Å²) in [6.07, 6.45) is 0. The van der Waals surface area contributed by atoms with Gasteiger partial charge in [0.25, 0.3) is 5.91 Å². The first-order chi connectivity index (χ1) is 16.7. The van der Waals surface area contributed by atoms with Crippen molar-refractivity contribution in [1.82, 2.24) is 24.6 Å². The third-order valence-corrected chi connectivity index (χ3v) is 7.82. The zero-order chi connectivity index (χ0) is 23.1. The highest BCUT2D eigenvalue weighted by molar-refractivity contribution is 7.13. The van der Waals surface area contributed by atoms with Crippen LogP contribution in [-0.2, 0) is 13.1 Å². The van der Waals surface area contributed by atoms with Gasteiger partial charge in [-0.3, -0.25) is 4.79 Å². The van der Waals surface area contributed by atoms with Gasteiger partial charge in [0.05, 0.1) is 6.54 Å². The van der Waals surface area contributed by atoms with E-state index in [1.807, 2.05) is 40.6 Å². The molecule has 5 aromatic rings. The van der Waals surface area contributed by atoms with Gasteiger partial charge < -0.3 is 9.47 Å². The van der Waals surface area contributed by atoms with Crippen molar-refractivity contribution in [2.45, 2.75) is 20.0 Å². The first kappa shape index (κ1) is 20.9. The SMILES string of the molecule is Cc1ccc(-c2nc(-c3nnc4n3CCN(C(=O)c3ccc(-c5cccs5)cc3)C4)cs2)cc1. The summed E-state index contributed by atoms with van der Waals surface area (Å²) >= 11 is 3.30. The monoisotopic (exact) mass is 483 g/mol. The van der Waals surface area contributed by atoms with Gasteiger partial charge in [0.2, 0.25) is 0 Å². The Labute approximate surface area is 205 Å². The van der Waals surface area contributed by atoms with E-state index in [4.69, 9.17) is 4.98 Å². The molecule has 6 rings (SSSR count). The summed E-state index contributed by atoms with van der Waals surface area (Å²) in [7, 11) is 0. The molecule has 34 heavy (non-hydrogen) atoms. The van der Waals surface area contributed by atoms with Crippen LogP contribution in [-0.4, -0.2) is 37.1 Å². The minimum absolute atomic E-state index is 0.0174. The van der Waals surface area contributed by atoms with Crippen molar-refractivity contribution in [2.75, 3.05) is 6.54 Å². The molecule has 168 valence electrons. The van der Waals surface area contributed by atoms with Crippen LogP contribution >= 0.6 is 22.7 Å². The van der Waals surface area contributed by atoms with Crippen LogP contribution in [0.5, 0.6) is 0 Å². The number of aromatic nitrogens is 4. The van der Waals surface area contributed by atoms with Crippen LogP contribution in [0.4, 0.5) is 0 Å². The summed E-state index contributed by atoms with van der Waals surface area (Å²) in [6.45, 7) is 3.77. The molecule has 0 unspecified atom stereocenters. The molecule has 1 aliphatic rings. The molecule has 3 aromatic heterocycles. The largest absolute Gasteiger partial charge is 0.329 e. The van der Waals surface area contributed by atoms with Gasteiger partial charge in [0, 0.05) is 34.5 Å². The van der Waals surface area contributed by atoms with Gasteiger partial charge in [-0.25, -0.2) is 4.98 Å². The fraction of sp³-hybridized carbons (Fsp3) is 0.154. The number of rotatable bonds is 4. The zero-order valence-corrected chi connectivity index (χ0v) is 20.1. The number of aryl methyl sites for hydroxylation is 1. The molecule has 0 atom stereocenters. The topological polar surface area (TPSA) is 63.9 Å². The molecular formula is C26H21N5OS2. The molecule has 1 amide bonds. The van der Waals surface area contributed by atoms with Crippen LogP contribution in [0, 0.1) is 6.92 Å². The molecule has 0 aliphatic carbocycles. The lowest BCUT2D eigenvalue weighted by Crippen LogP contribution is -2.38. The Morgan fingerprint density at radius 2 is 1.71 bits per heavy atom. The Bertz CT molecular complexity index is 1450. The second-order valence-corrected chi connectivity index (χ2v) is 10.1. The first-order valence-corrected chi connectivity index (χ1v) is 12.8. The van der Waals surface area contributed by atoms with E-state index in [1.165, 1.54) is 10.4 Å². The number of nitrogens with zero attached hydrogens (tertiary/aromatic N) is 5. The minimum Gasteiger partial charge on any atom is -0.329 e. The van der Waals surface area contributed by atoms with Crippen molar-refractivity contribution in [3.63, 3.8) is 0 Å². The maximum absolute atomic E-state index is 13.1. The summed E-state index contributed by atoms with van der Waals surface area (Å²) in [5, 5.41) is 13.8. The fourth-order valence-electron chi connectivity index (χ4n) is 4.13. The quantitative estimate of drug-likeness (QED) is 0.326. The van der Waals surface area contributed by atoms with E-state index in [9.17, 15) is 4.79 Å². The molecule has 0 saturated carbocycles. The number of benzene rings is 2. The predicted octanol–water partition coefficient (Wildman–Crippen LogP) is 5.76. The molecule has 0 bridgehead atoms. The number of hydrogen-bond acceptors (Lipinski definition) is 6. The molecule has 0 saturated heterocycles. The van der Waals surface area contributed by atoms with E-state index in [1.54, 1.807) is 22.7 Å². The van der Waals surface area contributed by atoms with Crippen LogP contribution in [0.3, 0.4) is 0 Å². The van der Waals surface area contributed by atoms with Gasteiger partial charge in [0.15, 0.2) is 11.6 Å². The van der Waals surface area contributed by atoms with Gasteiger partial charge >= 0.3 is 0 Å². The molecule has 0 spiro atoms. The van der Waals surface area contributed by atoms with Gasteiger partial charge in [-0.15, -0.1) is 32.9 Å². The van der Waals surface area contributed by atoms with E-state index in [-0.39, 0.29) is 5.91 Å². The number of carbonyl (C=O) groups is 1. The highest BCUT2D eigenvalue weighted by Gasteiger charge is 2.26. The Balaban J connectivity index is 1.19. The molecule has 2 aromatic carbocycles. The van der Waals surface area contributed by atoms with E-state index in [2.05, 4.69) is 57.4 Å². The maximum atomic E-state index is 13.1. The second kappa shape index (κ2) is 8.62. The van der Waals surface area contributed by atoms with Crippen molar-refractivity contribution in [3.8, 4) is 32.5 Å². The van der Waals surface area contributed by atoms with Gasteiger partial charge in [-0.05, 0) is 36.1 Å². The van der Waals surface area contributed by atoms with Gasteiger partial charge in [-0.1, -0.05) is 48.0 Å². The maximum Gasteiger partial charge on any atom is 0.254 e. The Morgan fingerprint density at radius 3 is 2.47 bits per heavy atom. The van der Waals surface area contributed by atoms with Crippen LogP contribution < -0.4 is 0 Å². The molecule has 0 N–H and O–H groups in total. The lowest BCUT2D eigenvalue weighted by atomic mass is 10.1. The summed E-state index contributed by atoms with van der Waals surface area (Å²) in [5.41, 5.74) is 4.97. The summed E-state index contributed by atoms with van der Waals surface area (Å²) in [4.78, 5) is 21.0. The summed E-state index contributed by atoms with van der Waals surface area (Å²) in [5.74, 6) is 1.57. The predicted molar refractivity (Wildman–Crippen MR) is 136 cm³/mol. The van der Waals surface area contributed by atoms with Crippen LogP contribution in [0.25, 0.3) is 32.5 Å².